The van der Waals surface area contributed by atoms with Crippen LogP contribution < -0.4 is 5.32 Å². The predicted octanol–water partition coefficient (Wildman–Crippen LogP) is 1.74. The van der Waals surface area contributed by atoms with Gasteiger partial charge >= 0.3 is 0 Å². The van der Waals surface area contributed by atoms with E-state index in [1.807, 2.05) is 6.26 Å². The molecule has 0 spiro atoms. The van der Waals surface area contributed by atoms with E-state index in [1.54, 1.807) is 0 Å². The van der Waals surface area contributed by atoms with Crippen LogP contribution in [0.5, 0.6) is 0 Å². The third kappa shape index (κ3) is 2.73. The molecule has 0 unspecified atom stereocenters. The van der Waals surface area contributed by atoms with Crippen LogP contribution in [0.25, 0.3) is 0 Å². The topological polar surface area (TPSA) is 53.6 Å². The van der Waals surface area contributed by atoms with Gasteiger partial charge in [0.25, 0.3) is 0 Å². The lowest BCUT2D eigenvalue weighted by atomic mass is 10.1. The van der Waals surface area contributed by atoms with Gasteiger partial charge in [0.05, 0.1) is 0 Å². The highest BCUT2D eigenvalue weighted by atomic mass is 32.2. The van der Waals surface area contributed by atoms with Crippen molar-refractivity contribution in [2.45, 2.75) is 31.5 Å². The smallest absolute Gasteiger partial charge is 0.219 e. The van der Waals surface area contributed by atoms with Crippen LogP contribution in [0.3, 0.4) is 0 Å². The molecule has 0 amide bonds. The summed E-state index contributed by atoms with van der Waals surface area (Å²) in [4.78, 5) is 4.20. The van der Waals surface area contributed by atoms with Gasteiger partial charge in [0.15, 0.2) is 0 Å². The highest BCUT2D eigenvalue weighted by molar-refractivity contribution is 7.98. The number of anilines is 1. The zero-order valence-electron chi connectivity index (χ0n) is 7.80. The second kappa shape index (κ2) is 3.35. The molecule has 2 N–H and O–H groups in total. The van der Waals surface area contributed by atoms with E-state index in [0.29, 0.717) is 0 Å². The molecule has 0 fully saturated rings. The monoisotopic (exact) mass is 186 g/mol. The molecule has 0 radical (unpaired) electrons. The Kier molecular flexibility index (Phi) is 2.62. The predicted molar refractivity (Wildman–Crippen MR) is 51.5 cm³/mol. The number of nitrogens with one attached hydrogen (secondary N) is 2. The van der Waals surface area contributed by atoms with Gasteiger partial charge in [-0.15, -0.1) is 5.10 Å². The number of nitrogens with zero attached hydrogens (tertiary/aromatic N) is 2. The lowest BCUT2D eigenvalue weighted by Gasteiger charge is -2.18. The van der Waals surface area contributed by atoms with Gasteiger partial charge in [-0.25, -0.2) is 5.10 Å². The first-order valence-corrected chi connectivity index (χ1v) is 4.98. The molecule has 0 saturated heterocycles. The van der Waals surface area contributed by atoms with Gasteiger partial charge in [-0.1, -0.05) is 11.8 Å². The number of hydrogen-bond acceptors (Lipinski definition) is 4. The van der Waals surface area contributed by atoms with Crippen molar-refractivity contribution in [1.29, 1.82) is 0 Å². The number of rotatable bonds is 2. The van der Waals surface area contributed by atoms with Crippen molar-refractivity contribution >= 4 is 17.7 Å². The van der Waals surface area contributed by atoms with E-state index in [-0.39, 0.29) is 5.54 Å². The van der Waals surface area contributed by atoms with E-state index in [2.05, 4.69) is 41.3 Å². The van der Waals surface area contributed by atoms with Crippen LogP contribution >= 0.6 is 11.8 Å². The van der Waals surface area contributed by atoms with E-state index in [4.69, 9.17) is 0 Å². The Hall–Kier alpha value is -0.710. The number of hydrogen-bond donors (Lipinski definition) is 2. The Balaban J connectivity index is 2.64. The molecule has 5 heteroatoms. The summed E-state index contributed by atoms with van der Waals surface area (Å²) in [6, 6.07) is 0. The lowest BCUT2D eigenvalue weighted by molar-refractivity contribution is 0.626. The van der Waals surface area contributed by atoms with Crippen LogP contribution in [-0.4, -0.2) is 27.0 Å². The fourth-order valence-electron chi connectivity index (χ4n) is 0.749. The normalized spacial score (nSPS) is 11.7. The number of thioether (sulfide) groups is 1. The van der Waals surface area contributed by atoms with Crippen molar-refractivity contribution in [2.24, 2.45) is 0 Å². The summed E-state index contributed by atoms with van der Waals surface area (Å²) in [6.45, 7) is 6.23. The highest BCUT2D eigenvalue weighted by Gasteiger charge is 2.11. The molecule has 0 bridgehead atoms. The minimum Gasteiger partial charge on any atom is -0.350 e. The molecule has 1 aromatic heterocycles. The Morgan fingerprint density at radius 3 is 2.50 bits per heavy atom. The van der Waals surface area contributed by atoms with Crippen LogP contribution in [0.4, 0.5) is 5.95 Å². The van der Waals surface area contributed by atoms with Gasteiger partial charge in [-0.3, -0.25) is 0 Å². The molecule has 0 aliphatic heterocycles. The van der Waals surface area contributed by atoms with Gasteiger partial charge in [-0.2, -0.15) is 4.98 Å². The van der Waals surface area contributed by atoms with Crippen molar-refractivity contribution in [3.8, 4) is 0 Å². The molecule has 0 atom stereocenters. The van der Waals surface area contributed by atoms with E-state index >= 15 is 0 Å². The van der Waals surface area contributed by atoms with Gasteiger partial charge in [0, 0.05) is 5.54 Å². The largest absolute Gasteiger partial charge is 0.350 e. The molecule has 68 valence electrons. The van der Waals surface area contributed by atoms with Crippen molar-refractivity contribution in [3.63, 3.8) is 0 Å². The second-order valence-corrected chi connectivity index (χ2v) is 4.32. The van der Waals surface area contributed by atoms with E-state index in [0.717, 1.165) is 11.1 Å². The van der Waals surface area contributed by atoms with Gasteiger partial charge in [-0.05, 0) is 27.0 Å². The van der Waals surface area contributed by atoms with Gasteiger partial charge in [0.2, 0.25) is 11.1 Å². The molecule has 0 saturated carbocycles. The Bertz CT molecular complexity index is 250. The Labute approximate surface area is 76.5 Å². The highest BCUT2D eigenvalue weighted by Crippen LogP contribution is 2.13. The molecular weight excluding hydrogens is 172 g/mol. The number of H-pyrrole nitrogens is 1. The molecule has 0 aromatic carbocycles. The zero-order valence-corrected chi connectivity index (χ0v) is 8.62. The average molecular weight is 186 g/mol. The van der Waals surface area contributed by atoms with Gasteiger partial charge in [0.1, 0.15) is 0 Å². The van der Waals surface area contributed by atoms with Crippen LogP contribution in [0.1, 0.15) is 20.8 Å². The molecule has 1 rings (SSSR count). The summed E-state index contributed by atoms with van der Waals surface area (Å²) in [6.07, 6.45) is 1.95. The first-order valence-electron chi connectivity index (χ1n) is 3.76. The summed E-state index contributed by atoms with van der Waals surface area (Å²) in [5.41, 5.74) is 0.0230. The second-order valence-electron chi connectivity index (χ2n) is 3.55. The van der Waals surface area contributed by atoms with Gasteiger partial charge < -0.3 is 5.32 Å². The van der Waals surface area contributed by atoms with Crippen LogP contribution in [0.2, 0.25) is 0 Å². The number of aromatic nitrogens is 3. The minimum absolute atomic E-state index is 0.0230. The van der Waals surface area contributed by atoms with Crippen molar-refractivity contribution in [3.05, 3.63) is 0 Å². The third-order valence-electron chi connectivity index (χ3n) is 1.14. The number of aromatic amines is 1. The van der Waals surface area contributed by atoms with Crippen LogP contribution in [0.15, 0.2) is 5.16 Å². The summed E-state index contributed by atoms with van der Waals surface area (Å²) in [7, 11) is 0. The van der Waals surface area contributed by atoms with E-state index in [9.17, 15) is 0 Å². The van der Waals surface area contributed by atoms with Crippen LogP contribution in [0, 0.1) is 0 Å². The average Bonchev–Trinajstić information content (AvgIpc) is 2.32. The molecule has 0 aliphatic rings. The van der Waals surface area contributed by atoms with E-state index < -0.39 is 0 Å². The Morgan fingerprint density at radius 2 is 2.08 bits per heavy atom. The molecule has 1 aromatic rings. The lowest BCUT2D eigenvalue weighted by Crippen LogP contribution is -2.26. The summed E-state index contributed by atoms with van der Waals surface area (Å²) in [5.74, 6) is 0.729. The summed E-state index contributed by atoms with van der Waals surface area (Å²) < 4.78 is 0. The fourth-order valence-corrected chi connectivity index (χ4v) is 1.07. The Morgan fingerprint density at radius 1 is 1.42 bits per heavy atom. The molecule has 0 aliphatic carbocycles. The third-order valence-corrected chi connectivity index (χ3v) is 1.69. The maximum atomic E-state index is 4.20. The summed E-state index contributed by atoms with van der Waals surface area (Å²) >= 11 is 1.52. The van der Waals surface area contributed by atoms with Crippen molar-refractivity contribution in [2.75, 3.05) is 11.6 Å². The van der Waals surface area contributed by atoms with Crippen LogP contribution in [-0.2, 0) is 0 Å². The van der Waals surface area contributed by atoms with Crippen molar-refractivity contribution < 1.29 is 0 Å². The quantitative estimate of drug-likeness (QED) is 0.691. The SMILES string of the molecule is CSc1n[nH]c(NC(C)(C)C)n1. The zero-order chi connectivity index (χ0) is 9.19. The van der Waals surface area contributed by atoms with Crippen molar-refractivity contribution in [1.82, 2.24) is 15.2 Å². The molecule has 12 heavy (non-hydrogen) atoms. The first-order chi connectivity index (χ1) is 5.51. The maximum Gasteiger partial charge on any atom is 0.219 e. The van der Waals surface area contributed by atoms with E-state index in [1.165, 1.54) is 11.8 Å². The fraction of sp³-hybridized carbons (Fsp3) is 0.714. The molecule has 1 heterocycles. The first kappa shape index (κ1) is 9.38. The minimum atomic E-state index is 0.0230. The molecular formula is C7H14N4S. The summed E-state index contributed by atoms with van der Waals surface area (Å²) in [5, 5.41) is 10.8. The molecule has 4 nitrogen and oxygen atoms in total. The maximum absolute atomic E-state index is 4.20. The standard InChI is InChI=1S/C7H14N4S/c1-7(2,3)9-5-8-6(12-4)11-10-5/h1-4H3,(H2,8,9,10,11).